The Morgan fingerprint density at radius 2 is 1.92 bits per heavy atom. The molecular weight excluding hydrogens is 310 g/mol. The number of imidazole rings is 1. The second kappa shape index (κ2) is 6.03. The molecule has 1 aliphatic rings. The van der Waals surface area contributed by atoms with E-state index in [-0.39, 0.29) is 11.8 Å². The highest BCUT2D eigenvalue weighted by Gasteiger charge is 2.35. The molecule has 0 bridgehead atoms. The maximum absolute atomic E-state index is 12.7. The molecule has 0 unspecified atom stereocenters. The van der Waals surface area contributed by atoms with Gasteiger partial charge in [0.1, 0.15) is 5.82 Å². The van der Waals surface area contributed by atoms with Gasteiger partial charge in [-0.25, -0.2) is 4.98 Å². The van der Waals surface area contributed by atoms with Crippen molar-refractivity contribution in [1.82, 2.24) is 9.55 Å². The normalized spacial score (nSPS) is 17.8. The van der Waals surface area contributed by atoms with E-state index in [4.69, 9.17) is 4.98 Å². The van der Waals surface area contributed by atoms with Crippen LogP contribution in [0.1, 0.15) is 43.6 Å². The maximum atomic E-state index is 12.7. The number of rotatable bonds is 3. The number of aromatic nitrogens is 2. The predicted molar refractivity (Wildman–Crippen MR) is 101 cm³/mol. The molecule has 4 rings (SSSR count). The molecule has 0 N–H and O–H groups in total. The molecular formula is C21H23N3O. The van der Waals surface area contributed by atoms with Gasteiger partial charge >= 0.3 is 0 Å². The fourth-order valence-electron chi connectivity index (χ4n) is 3.82. The Kier molecular flexibility index (Phi) is 3.83. The SMILES string of the molecule is Cc1cccc(N2C[C@H](c3nc4ccccc4n3C(C)C)CC2=O)c1. The lowest BCUT2D eigenvalue weighted by molar-refractivity contribution is -0.117. The molecule has 1 amide bonds. The average molecular weight is 333 g/mol. The largest absolute Gasteiger partial charge is 0.325 e. The smallest absolute Gasteiger partial charge is 0.227 e. The summed E-state index contributed by atoms with van der Waals surface area (Å²) in [6, 6.07) is 16.7. The first-order valence-electron chi connectivity index (χ1n) is 8.88. The third-order valence-electron chi connectivity index (χ3n) is 4.94. The zero-order chi connectivity index (χ0) is 17.6. The standard InChI is InChI=1S/C21H23N3O/c1-14(2)24-19-10-5-4-9-18(19)22-21(24)16-12-20(25)23(13-16)17-8-6-7-15(3)11-17/h4-11,14,16H,12-13H2,1-3H3/t16-/m1/s1. The van der Waals surface area contributed by atoms with Crippen LogP contribution in [0.25, 0.3) is 11.0 Å². The summed E-state index contributed by atoms with van der Waals surface area (Å²) in [5, 5.41) is 0. The molecule has 1 fully saturated rings. The molecule has 2 heterocycles. The van der Waals surface area contributed by atoms with Crippen molar-refractivity contribution in [3.63, 3.8) is 0 Å². The fourth-order valence-corrected chi connectivity index (χ4v) is 3.82. The van der Waals surface area contributed by atoms with Gasteiger partial charge in [0, 0.05) is 30.6 Å². The number of hydrogen-bond acceptors (Lipinski definition) is 2. The minimum absolute atomic E-state index is 0.128. The number of carbonyl (C=O) groups excluding carboxylic acids is 1. The number of nitrogens with zero attached hydrogens (tertiary/aromatic N) is 3. The first kappa shape index (κ1) is 15.9. The van der Waals surface area contributed by atoms with Gasteiger partial charge in [0.05, 0.1) is 11.0 Å². The van der Waals surface area contributed by atoms with Crippen molar-refractivity contribution in [2.75, 3.05) is 11.4 Å². The van der Waals surface area contributed by atoms with Gasteiger partial charge in [0.25, 0.3) is 0 Å². The summed E-state index contributed by atoms with van der Waals surface area (Å²) >= 11 is 0. The Labute approximate surface area is 148 Å². The van der Waals surface area contributed by atoms with E-state index in [2.05, 4.69) is 43.5 Å². The molecule has 1 aliphatic heterocycles. The van der Waals surface area contributed by atoms with Crippen LogP contribution in [0.3, 0.4) is 0 Å². The Hall–Kier alpha value is -2.62. The lowest BCUT2D eigenvalue weighted by atomic mass is 10.1. The van der Waals surface area contributed by atoms with Gasteiger partial charge in [0.2, 0.25) is 5.91 Å². The van der Waals surface area contributed by atoms with Crippen LogP contribution < -0.4 is 4.90 Å². The molecule has 25 heavy (non-hydrogen) atoms. The van der Waals surface area contributed by atoms with Gasteiger partial charge in [-0.3, -0.25) is 4.79 Å². The monoisotopic (exact) mass is 333 g/mol. The molecule has 2 aromatic carbocycles. The fraction of sp³-hybridized carbons (Fsp3) is 0.333. The highest BCUT2D eigenvalue weighted by atomic mass is 16.2. The van der Waals surface area contributed by atoms with E-state index in [1.165, 1.54) is 5.56 Å². The highest BCUT2D eigenvalue weighted by Crippen LogP contribution is 2.34. The summed E-state index contributed by atoms with van der Waals surface area (Å²) in [4.78, 5) is 19.4. The topological polar surface area (TPSA) is 38.1 Å². The van der Waals surface area contributed by atoms with Crippen LogP contribution in [0.4, 0.5) is 5.69 Å². The molecule has 128 valence electrons. The van der Waals surface area contributed by atoms with Crippen molar-refractivity contribution in [2.45, 2.75) is 39.2 Å². The lowest BCUT2D eigenvalue weighted by Crippen LogP contribution is -2.24. The van der Waals surface area contributed by atoms with Crippen molar-refractivity contribution in [1.29, 1.82) is 0 Å². The highest BCUT2D eigenvalue weighted by molar-refractivity contribution is 5.96. The zero-order valence-electron chi connectivity index (χ0n) is 14.9. The molecule has 0 saturated carbocycles. The number of amides is 1. The average Bonchev–Trinajstić information content (AvgIpc) is 3.15. The summed E-state index contributed by atoms with van der Waals surface area (Å²) in [6.45, 7) is 7.09. The summed E-state index contributed by atoms with van der Waals surface area (Å²) in [7, 11) is 0. The molecule has 0 spiro atoms. The molecule has 0 radical (unpaired) electrons. The Bertz CT molecular complexity index is 941. The van der Waals surface area contributed by atoms with Crippen LogP contribution >= 0.6 is 0 Å². The molecule has 0 aliphatic carbocycles. The summed E-state index contributed by atoms with van der Waals surface area (Å²) < 4.78 is 2.28. The van der Waals surface area contributed by atoms with E-state index >= 15 is 0 Å². The van der Waals surface area contributed by atoms with Crippen molar-refractivity contribution in [2.24, 2.45) is 0 Å². The first-order valence-corrected chi connectivity index (χ1v) is 8.88. The molecule has 4 heteroatoms. The molecule has 3 aromatic rings. The van der Waals surface area contributed by atoms with Crippen LogP contribution in [-0.2, 0) is 4.79 Å². The Morgan fingerprint density at radius 3 is 2.68 bits per heavy atom. The predicted octanol–water partition coefficient (Wildman–Crippen LogP) is 4.45. The minimum Gasteiger partial charge on any atom is -0.325 e. The van der Waals surface area contributed by atoms with Crippen molar-refractivity contribution >= 4 is 22.6 Å². The number of carbonyl (C=O) groups is 1. The first-order chi connectivity index (χ1) is 12.0. The summed E-state index contributed by atoms with van der Waals surface area (Å²) in [5.41, 5.74) is 4.31. The Morgan fingerprint density at radius 1 is 1.12 bits per heavy atom. The van der Waals surface area contributed by atoms with E-state index in [0.717, 1.165) is 22.5 Å². The van der Waals surface area contributed by atoms with Crippen molar-refractivity contribution in [3.05, 3.63) is 59.9 Å². The van der Waals surface area contributed by atoms with Crippen LogP contribution in [0, 0.1) is 6.92 Å². The van der Waals surface area contributed by atoms with E-state index in [0.29, 0.717) is 19.0 Å². The van der Waals surface area contributed by atoms with E-state index < -0.39 is 0 Å². The number of anilines is 1. The van der Waals surface area contributed by atoms with Gasteiger partial charge < -0.3 is 9.47 Å². The van der Waals surface area contributed by atoms with Gasteiger partial charge in [-0.1, -0.05) is 24.3 Å². The van der Waals surface area contributed by atoms with Crippen molar-refractivity contribution < 1.29 is 4.79 Å². The van der Waals surface area contributed by atoms with Gasteiger partial charge in [0.15, 0.2) is 0 Å². The second-order valence-corrected chi connectivity index (χ2v) is 7.17. The van der Waals surface area contributed by atoms with Crippen molar-refractivity contribution in [3.8, 4) is 0 Å². The molecule has 1 atom stereocenters. The number of fused-ring (bicyclic) bond motifs is 1. The van der Waals surface area contributed by atoms with E-state index in [9.17, 15) is 4.79 Å². The summed E-state index contributed by atoms with van der Waals surface area (Å²) in [6.07, 6.45) is 0.518. The molecule has 1 saturated heterocycles. The van der Waals surface area contributed by atoms with Crippen LogP contribution in [0.2, 0.25) is 0 Å². The van der Waals surface area contributed by atoms with Gasteiger partial charge in [-0.15, -0.1) is 0 Å². The van der Waals surface area contributed by atoms with Gasteiger partial charge in [-0.05, 0) is 50.6 Å². The number of para-hydroxylation sites is 2. The quantitative estimate of drug-likeness (QED) is 0.710. The lowest BCUT2D eigenvalue weighted by Gasteiger charge is -2.19. The summed E-state index contributed by atoms with van der Waals surface area (Å²) in [5.74, 6) is 1.33. The number of hydrogen-bond donors (Lipinski definition) is 0. The van der Waals surface area contributed by atoms with E-state index in [1.807, 2.05) is 35.2 Å². The van der Waals surface area contributed by atoms with Gasteiger partial charge in [-0.2, -0.15) is 0 Å². The second-order valence-electron chi connectivity index (χ2n) is 7.17. The molecule has 4 nitrogen and oxygen atoms in total. The van der Waals surface area contributed by atoms with Crippen LogP contribution in [0.15, 0.2) is 48.5 Å². The number of aryl methyl sites for hydroxylation is 1. The number of benzene rings is 2. The third kappa shape index (κ3) is 2.72. The minimum atomic E-state index is 0.128. The van der Waals surface area contributed by atoms with Crippen LogP contribution in [-0.4, -0.2) is 22.0 Å². The van der Waals surface area contributed by atoms with E-state index in [1.54, 1.807) is 0 Å². The third-order valence-corrected chi connectivity index (χ3v) is 4.94. The Balaban J connectivity index is 1.73. The van der Waals surface area contributed by atoms with Crippen LogP contribution in [0.5, 0.6) is 0 Å². The maximum Gasteiger partial charge on any atom is 0.227 e. The zero-order valence-corrected chi connectivity index (χ0v) is 14.9. The molecule has 1 aromatic heterocycles.